The van der Waals surface area contributed by atoms with Gasteiger partial charge in [0.25, 0.3) is 0 Å². The topological polar surface area (TPSA) is 91.7 Å². The summed E-state index contributed by atoms with van der Waals surface area (Å²) in [6, 6.07) is 6.67. The molecule has 5 atom stereocenters. The van der Waals surface area contributed by atoms with Crippen molar-refractivity contribution in [3.05, 3.63) is 42.1 Å². The maximum atomic E-state index is 12.0. The first kappa shape index (κ1) is 26.0. The summed E-state index contributed by atoms with van der Waals surface area (Å²) in [7, 11) is 1.92. The third-order valence-electron chi connectivity index (χ3n) is 10.1. The Hall–Kier alpha value is -2.88. The van der Waals surface area contributed by atoms with E-state index >= 15 is 0 Å². The highest BCUT2D eigenvalue weighted by Gasteiger charge is 2.55. The summed E-state index contributed by atoms with van der Waals surface area (Å²) in [5.41, 5.74) is 12.4. The van der Waals surface area contributed by atoms with Crippen LogP contribution in [0.2, 0.25) is 0 Å². The maximum absolute atomic E-state index is 12.0. The minimum absolute atomic E-state index is 0.00264. The van der Waals surface area contributed by atoms with Crippen molar-refractivity contribution >= 4 is 29.2 Å². The molecule has 2 aromatic rings. The van der Waals surface area contributed by atoms with Crippen molar-refractivity contribution in [2.24, 2.45) is 17.3 Å². The number of esters is 1. The molecular weight excluding hydrogens is 528 g/mol. The Labute approximate surface area is 239 Å². The van der Waals surface area contributed by atoms with Crippen LogP contribution in [0.5, 0.6) is 5.75 Å². The zero-order chi connectivity index (χ0) is 27.9. The largest absolute Gasteiger partial charge is 0.423 e. The van der Waals surface area contributed by atoms with E-state index in [-0.39, 0.29) is 35.1 Å². The summed E-state index contributed by atoms with van der Waals surface area (Å²) in [6.07, 6.45) is 4.48. The molecule has 0 radical (unpaired) electrons. The minimum atomic E-state index is -0.250. The number of hydrazine groups is 1. The van der Waals surface area contributed by atoms with E-state index in [0.717, 1.165) is 55.8 Å². The molecule has 2 saturated heterocycles. The van der Waals surface area contributed by atoms with Gasteiger partial charge in [0.1, 0.15) is 6.54 Å². The molecule has 9 nitrogen and oxygen atoms in total. The van der Waals surface area contributed by atoms with E-state index in [1.807, 2.05) is 29.0 Å². The molecule has 40 heavy (non-hydrogen) atoms. The van der Waals surface area contributed by atoms with Crippen LogP contribution >= 0.6 is 11.6 Å². The molecule has 10 heteroatoms. The number of likely N-dealkylation sites (tertiary alicyclic amines) is 1. The number of benzene rings is 1. The first-order valence-electron chi connectivity index (χ1n) is 14.4. The van der Waals surface area contributed by atoms with E-state index < -0.39 is 0 Å². The van der Waals surface area contributed by atoms with Crippen molar-refractivity contribution in [2.45, 2.75) is 56.5 Å². The number of amides is 1. The van der Waals surface area contributed by atoms with E-state index in [2.05, 4.69) is 42.0 Å². The Morgan fingerprint density at radius 1 is 1.30 bits per heavy atom. The van der Waals surface area contributed by atoms with Crippen molar-refractivity contribution in [3.8, 4) is 17.0 Å². The van der Waals surface area contributed by atoms with Gasteiger partial charge in [0.15, 0.2) is 5.75 Å². The molecule has 2 saturated carbocycles. The molecule has 5 unspecified atom stereocenters. The third-order valence-corrected chi connectivity index (χ3v) is 10.8. The van der Waals surface area contributed by atoms with Gasteiger partial charge in [0.05, 0.1) is 17.4 Å². The average molecular weight is 565 g/mol. The van der Waals surface area contributed by atoms with Crippen LogP contribution in [0.25, 0.3) is 11.3 Å². The standard InChI is InChI=1S/C30H37ClN6O3/c1-5-24(38)36-14-30(15-36)10-19(11-30)37-17(3)26(27-20-12-32-33-21(20)8-16(2)28(27)31)29(34-37)18-6-7-23-22(9-18)35(4)13-25(39)40-23/h5-7,9,16,19-21,27-28,32-33H,1,8,10-15H2,2-4H3. The molecule has 3 aliphatic heterocycles. The molecule has 2 aliphatic carbocycles. The first-order valence-corrected chi connectivity index (χ1v) is 14.8. The third kappa shape index (κ3) is 3.92. The molecule has 1 aromatic heterocycles. The highest BCUT2D eigenvalue weighted by atomic mass is 35.5. The normalized spacial score (nSPS) is 30.8. The number of fused-ring (bicyclic) bond motifs is 2. The number of nitrogens with one attached hydrogen (secondary N) is 2. The zero-order valence-electron chi connectivity index (χ0n) is 23.3. The van der Waals surface area contributed by atoms with Crippen LogP contribution in [0.3, 0.4) is 0 Å². The quantitative estimate of drug-likeness (QED) is 0.255. The van der Waals surface area contributed by atoms with Crippen molar-refractivity contribution in [1.82, 2.24) is 25.5 Å². The summed E-state index contributed by atoms with van der Waals surface area (Å²) < 4.78 is 7.76. The number of nitrogens with zero attached hydrogens (tertiary/aromatic N) is 4. The number of hydrogen-bond donors (Lipinski definition) is 2. The fourth-order valence-electron chi connectivity index (χ4n) is 8.06. The number of anilines is 1. The Morgan fingerprint density at radius 3 is 2.83 bits per heavy atom. The number of halogens is 1. The van der Waals surface area contributed by atoms with Crippen LogP contribution in [0, 0.1) is 24.2 Å². The molecule has 0 bridgehead atoms. The monoisotopic (exact) mass is 564 g/mol. The lowest BCUT2D eigenvalue weighted by Crippen LogP contribution is -2.63. The lowest BCUT2D eigenvalue weighted by atomic mass is 9.60. The Bertz CT molecular complexity index is 1390. The van der Waals surface area contributed by atoms with Gasteiger partial charge in [-0.05, 0) is 62.3 Å². The van der Waals surface area contributed by atoms with Crippen LogP contribution < -0.4 is 20.5 Å². The highest BCUT2D eigenvalue weighted by Crippen LogP contribution is 2.56. The van der Waals surface area contributed by atoms with E-state index in [0.29, 0.717) is 29.7 Å². The molecule has 212 valence electrons. The van der Waals surface area contributed by atoms with E-state index in [4.69, 9.17) is 21.4 Å². The van der Waals surface area contributed by atoms with Crippen molar-refractivity contribution < 1.29 is 14.3 Å². The van der Waals surface area contributed by atoms with Crippen molar-refractivity contribution in [1.29, 1.82) is 0 Å². The van der Waals surface area contributed by atoms with E-state index in [1.54, 1.807) is 0 Å². The molecule has 4 heterocycles. The van der Waals surface area contributed by atoms with Crippen LogP contribution in [-0.4, -0.2) is 71.2 Å². The Morgan fingerprint density at radius 2 is 2.08 bits per heavy atom. The second kappa shape index (κ2) is 9.33. The summed E-state index contributed by atoms with van der Waals surface area (Å²) in [6.45, 7) is 10.8. The van der Waals surface area contributed by atoms with Gasteiger partial charge < -0.3 is 14.5 Å². The number of alkyl halides is 1. The second-order valence-corrected chi connectivity index (χ2v) is 13.2. The fourth-order valence-corrected chi connectivity index (χ4v) is 8.48. The molecule has 5 aliphatic rings. The number of likely N-dealkylation sites (N-methyl/N-ethyl adjacent to an activating group) is 1. The SMILES string of the molecule is C=CC(=O)N1CC2(CC(n3nc(-c4ccc5c(c4)N(C)CC(=O)O5)c(C4C(Cl)C(C)CC5NNCC54)c3C)C2)C1. The molecule has 1 amide bonds. The first-order chi connectivity index (χ1) is 19.2. The fraction of sp³-hybridized carbons (Fsp3) is 0.567. The highest BCUT2D eigenvalue weighted by molar-refractivity contribution is 6.21. The minimum Gasteiger partial charge on any atom is -0.423 e. The van der Waals surface area contributed by atoms with Crippen molar-refractivity contribution in [3.63, 3.8) is 0 Å². The van der Waals surface area contributed by atoms with Gasteiger partial charge in [0.2, 0.25) is 5.91 Å². The molecule has 1 spiro atoms. The van der Waals surface area contributed by atoms with Crippen molar-refractivity contribution in [2.75, 3.05) is 38.1 Å². The number of carbonyl (C=O) groups excluding carboxylic acids is 2. The van der Waals surface area contributed by atoms with Gasteiger partial charge in [-0.3, -0.25) is 20.3 Å². The number of ether oxygens (including phenoxy) is 1. The summed E-state index contributed by atoms with van der Waals surface area (Å²) in [5.74, 6) is 1.22. The summed E-state index contributed by atoms with van der Waals surface area (Å²) >= 11 is 7.29. The van der Waals surface area contributed by atoms with E-state index in [9.17, 15) is 9.59 Å². The van der Waals surface area contributed by atoms with Crippen LogP contribution in [0.1, 0.15) is 49.4 Å². The smallest absolute Gasteiger partial charge is 0.330 e. The van der Waals surface area contributed by atoms with Gasteiger partial charge in [-0.15, -0.1) is 11.6 Å². The molecule has 7 rings (SSSR count). The summed E-state index contributed by atoms with van der Waals surface area (Å²) in [5, 5.41) is 5.33. The van der Waals surface area contributed by atoms with Gasteiger partial charge >= 0.3 is 5.97 Å². The Balaban J connectivity index is 1.28. The number of hydrogen-bond acceptors (Lipinski definition) is 7. The summed E-state index contributed by atoms with van der Waals surface area (Å²) in [4.78, 5) is 27.9. The average Bonchev–Trinajstić information content (AvgIpc) is 3.47. The van der Waals surface area contributed by atoms with Gasteiger partial charge in [-0.2, -0.15) is 5.10 Å². The van der Waals surface area contributed by atoms with Gasteiger partial charge in [-0.25, -0.2) is 4.79 Å². The maximum Gasteiger partial charge on any atom is 0.330 e. The Kier molecular flexibility index (Phi) is 6.07. The predicted octanol–water partition coefficient (Wildman–Crippen LogP) is 3.39. The lowest BCUT2D eigenvalue weighted by Gasteiger charge is -2.58. The molecular formula is C30H37ClN6O3. The molecule has 1 aromatic carbocycles. The molecule has 4 fully saturated rings. The number of rotatable bonds is 4. The van der Waals surface area contributed by atoms with E-state index in [1.165, 1.54) is 17.3 Å². The lowest BCUT2D eigenvalue weighted by molar-refractivity contribution is -0.149. The van der Waals surface area contributed by atoms with Crippen LogP contribution in [0.4, 0.5) is 5.69 Å². The van der Waals surface area contributed by atoms with Crippen LogP contribution in [0.15, 0.2) is 30.9 Å². The second-order valence-electron chi connectivity index (χ2n) is 12.7. The number of carbonyl (C=O) groups is 2. The molecule has 2 N–H and O–H groups in total. The zero-order valence-corrected chi connectivity index (χ0v) is 24.1. The number of aromatic nitrogens is 2. The van der Waals surface area contributed by atoms with Gasteiger partial charge in [0, 0.05) is 66.3 Å². The van der Waals surface area contributed by atoms with Gasteiger partial charge in [-0.1, -0.05) is 13.5 Å². The predicted molar refractivity (Wildman–Crippen MR) is 153 cm³/mol. The van der Waals surface area contributed by atoms with Crippen LogP contribution in [-0.2, 0) is 9.59 Å².